The van der Waals surface area contributed by atoms with Crippen LogP contribution in [0.25, 0.3) is 0 Å². The summed E-state index contributed by atoms with van der Waals surface area (Å²) >= 11 is 0. The summed E-state index contributed by atoms with van der Waals surface area (Å²) in [5.74, 6) is -0.167. The summed E-state index contributed by atoms with van der Waals surface area (Å²) in [6.45, 7) is 4.36. The number of aliphatic hydroxyl groups excluding tert-OH is 5. The number of esters is 1. The maximum atomic E-state index is 13.0. The highest BCUT2D eigenvalue weighted by molar-refractivity contribution is 5.76. The van der Waals surface area contributed by atoms with Crippen molar-refractivity contribution >= 4 is 11.9 Å². The summed E-state index contributed by atoms with van der Waals surface area (Å²) in [5.41, 5.74) is 0. The molecule has 1 heterocycles. The van der Waals surface area contributed by atoms with Crippen LogP contribution >= 0.6 is 0 Å². The lowest BCUT2D eigenvalue weighted by Gasteiger charge is -2.40. The van der Waals surface area contributed by atoms with E-state index in [1.807, 2.05) is 6.08 Å². The van der Waals surface area contributed by atoms with Gasteiger partial charge in [-0.2, -0.15) is 0 Å². The molecule has 78 heavy (non-hydrogen) atoms. The second kappa shape index (κ2) is 57.2. The predicted octanol–water partition coefficient (Wildman–Crippen LogP) is 16.7. The van der Waals surface area contributed by atoms with Crippen LogP contribution in [-0.4, -0.2) is 100 Å². The van der Waals surface area contributed by atoms with E-state index in [0.29, 0.717) is 19.4 Å². The molecule has 1 aliphatic heterocycles. The fourth-order valence-corrected chi connectivity index (χ4v) is 11.0. The van der Waals surface area contributed by atoms with Crippen LogP contribution in [-0.2, 0) is 23.8 Å². The minimum Gasteiger partial charge on any atom is -0.466 e. The minimum absolute atomic E-state index is 0.0110. The molecule has 462 valence electrons. The zero-order valence-corrected chi connectivity index (χ0v) is 51.2. The number of carbonyl (C=O) groups is 2. The van der Waals surface area contributed by atoms with E-state index in [1.54, 1.807) is 6.08 Å². The molecule has 7 atom stereocenters. The summed E-state index contributed by atoms with van der Waals surface area (Å²) in [7, 11) is 0. The number of unbranched alkanes of at least 4 members (excludes halogenated alkanes) is 46. The normalized spacial score (nSPS) is 18.5. The van der Waals surface area contributed by atoms with Gasteiger partial charge in [0.1, 0.15) is 24.4 Å². The third-order valence-corrected chi connectivity index (χ3v) is 16.4. The smallest absolute Gasteiger partial charge is 0.305 e. The molecule has 11 heteroatoms. The number of ether oxygens (including phenoxy) is 3. The zero-order chi connectivity index (χ0) is 56.6. The van der Waals surface area contributed by atoms with Crippen molar-refractivity contribution in [3.63, 3.8) is 0 Å². The van der Waals surface area contributed by atoms with Crippen molar-refractivity contribution in [3.05, 3.63) is 12.2 Å². The molecule has 1 fully saturated rings. The first-order chi connectivity index (χ1) is 38.2. The fourth-order valence-electron chi connectivity index (χ4n) is 11.0. The molecule has 6 N–H and O–H groups in total. The van der Waals surface area contributed by atoms with Gasteiger partial charge in [-0.1, -0.05) is 309 Å². The first kappa shape index (κ1) is 74.4. The first-order valence-electron chi connectivity index (χ1n) is 34.0. The minimum atomic E-state index is -1.57. The van der Waals surface area contributed by atoms with Crippen LogP contribution in [0.5, 0.6) is 0 Å². The molecule has 1 amide bonds. The lowest BCUT2D eigenvalue weighted by molar-refractivity contribution is -0.302. The molecule has 0 aromatic rings. The Bertz CT molecular complexity index is 1300. The number of aliphatic hydroxyl groups is 5. The van der Waals surface area contributed by atoms with Crippen LogP contribution in [0.1, 0.15) is 341 Å². The molecular weight excluding hydrogens is 979 g/mol. The summed E-state index contributed by atoms with van der Waals surface area (Å²) in [4.78, 5) is 25.0. The van der Waals surface area contributed by atoms with Gasteiger partial charge in [0.05, 0.1) is 32.0 Å². The van der Waals surface area contributed by atoms with Gasteiger partial charge < -0.3 is 45.1 Å². The van der Waals surface area contributed by atoms with E-state index in [9.17, 15) is 35.1 Å². The van der Waals surface area contributed by atoms with Crippen molar-refractivity contribution in [2.24, 2.45) is 0 Å². The number of hydrogen-bond donors (Lipinski definition) is 6. The van der Waals surface area contributed by atoms with Crippen LogP contribution in [0, 0.1) is 0 Å². The monoisotopic (exact) mass is 1110 g/mol. The number of carbonyl (C=O) groups excluding carboxylic acids is 2. The SMILES string of the molecule is CCCCCCCCCC/C=C/C(O)C(COC1OC(CO)C(O)C(O)C1O)NC(=O)CCCCCCCCCCCCCCCCCCCCCCCCCCCCCCCOC(=O)CCCCCCCCCCCCC. The molecule has 1 saturated heterocycles. The highest BCUT2D eigenvalue weighted by Gasteiger charge is 2.44. The molecule has 0 saturated carbocycles. The van der Waals surface area contributed by atoms with Crippen molar-refractivity contribution in [3.8, 4) is 0 Å². The van der Waals surface area contributed by atoms with Crippen molar-refractivity contribution < 1.29 is 49.3 Å². The van der Waals surface area contributed by atoms with Gasteiger partial charge in [-0.25, -0.2) is 0 Å². The van der Waals surface area contributed by atoms with E-state index in [4.69, 9.17) is 14.2 Å². The van der Waals surface area contributed by atoms with Crippen LogP contribution in [0.3, 0.4) is 0 Å². The Balaban J connectivity index is 1.93. The van der Waals surface area contributed by atoms with Crippen LogP contribution in [0.15, 0.2) is 12.2 Å². The van der Waals surface area contributed by atoms with Gasteiger partial charge >= 0.3 is 5.97 Å². The summed E-state index contributed by atoms with van der Waals surface area (Å²) in [6, 6.07) is -0.805. The van der Waals surface area contributed by atoms with Crippen LogP contribution in [0.2, 0.25) is 0 Å². The van der Waals surface area contributed by atoms with Gasteiger partial charge in [0.2, 0.25) is 5.91 Å². The largest absolute Gasteiger partial charge is 0.466 e. The Morgan fingerprint density at radius 1 is 0.462 bits per heavy atom. The molecule has 7 unspecified atom stereocenters. The topological polar surface area (TPSA) is 175 Å². The molecule has 0 aromatic heterocycles. The molecule has 11 nitrogen and oxygen atoms in total. The Morgan fingerprint density at radius 2 is 0.808 bits per heavy atom. The van der Waals surface area contributed by atoms with Gasteiger partial charge in [0.15, 0.2) is 6.29 Å². The van der Waals surface area contributed by atoms with E-state index in [0.717, 1.165) is 51.4 Å². The van der Waals surface area contributed by atoms with E-state index in [2.05, 4.69) is 19.2 Å². The maximum absolute atomic E-state index is 13.0. The standard InChI is InChI=1S/C67H129NO10/c1-3-5-7-9-11-13-34-39-43-47-51-55-63(72)76-56-52-48-44-40-36-33-31-29-27-25-23-21-19-17-15-16-18-20-22-24-26-28-30-32-35-38-42-46-50-54-62(71)68-59(58-77-67-66(75)65(74)64(73)61(57-69)78-67)60(70)53-49-45-41-37-14-12-10-8-6-4-2/h49,53,59-61,64-67,69-70,73-75H,3-48,50-52,54-58H2,1-2H3,(H,68,71)/b53-49+. The number of hydrogen-bond acceptors (Lipinski definition) is 10. The average molecular weight is 1110 g/mol. The second-order valence-corrected chi connectivity index (χ2v) is 23.9. The van der Waals surface area contributed by atoms with Gasteiger partial charge in [0.25, 0.3) is 0 Å². The molecule has 1 rings (SSSR count). The Morgan fingerprint density at radius 3 is 1.19 bits per heavy atom. The molecular formula is C67H129NO10. The van der Waals surface area contributed by atoms with Gasteiger partial charge in [-0.15, -0.1) is 0 Å². The van der Waals surface area contributed by atoms with Crippen molar-refractivity contribution in [1.82, 2.24) is 5.32 Å². The predicted molar refractivity (Wildman–Crippen MR) is 325 cm³/mol. The molecule has 0 bridgehead atoms. The molecule has 1 aliphatic rings. The quantitative estimate of drug-likeness (QED) is 0.0195. The highest BCUT2D eigenvalue weighted by atomic mass is 16.7. The highest BCUT2D eigenvalue weighted by Crippen LogP contribution is 2.23. The number of allylic oxidation sites excluding steroid dienone is 1. The Labute approximate surface area is 480 Å². The van der Waals surface area contributed by atoms with E-state index >= 15 is 0 Å². The second-order valence-electron chi connectivity index (χ2n) is 23.9. The third-order valence-electron chi connectivity index (χ3n) is 16.4. The molecule has 0 aliphatic carbocycles. The van der Waals surface area contributed by atoms with E-state index < -0.39 is 49.5 Å². The van der Waals surface area contributed by atoms with Crippen LogP contribution < -0.4 is 5.32 Å². The zero-order valence-electron chi connectivity index (χ0n) is 51.2. The third kappa shape index (κ3) is 45.9. The van der Waals surface area contributed by atoms with Gasteiger partial charge in [-0.3, -0.25) is 9.59 Å². The first-order valence-corrected chi connectivity index (χ1v) is 34.0. The summed E-state index contributed by atoms with van der Waals surface area (Å²) in [6.07, 6.45) is 59.2. The fraction of sp³-hybridized carbons (Fsp3) is 0.940. The number of amides is 1. The summed E-state index contributed by atoms with van der Waals surface area (Å²) < 4.78 is 16.7. The maximum Gasteiger partial charge on any atom is 0.305 e. The van der Waals surface area contributed by atoms with Crippen molar-refractivity contribution in [1.29, 1.82) is 0 Å². The molecule has 0 aromatic carbocycles. The van der Waals surface area contributed by atoms with Crippen molar-refractivity contribution in [2.75, 3.05) is 19.8 Å². The number of nitrogens with one attached hydrogen (secondary N) is 1. The molecule has 0 radical (unpaired) electrons. The van der Waals surface area contributed by atoms with E-state index in [1.165, 1.54) is 263 Å². The Hall–Kier alpha value is -1.60. The number of rotatable bonds is 60. The van der Waals surface area contributed by atoms with Crippen LogP contribution in [0.4, 0.5) is 0 Å². The average Bonchev–Trinajstić information content (AvgIpc) is 3.44. The summed E-state index contributed by atoms with van der Waals surface area (Å²) in [5, 5.41) is 54.3. The van der Waals surface area contributed by atoms with Gasteiger partial charge in [0, 0.05) is 12.8 Å². The van der Waals surface area contributed by atoms with Crippen molar-refractivity contribution in [2.45, 2.75) is 384 Å². The Kier molecular flexibility index (Phi) is 54.6. The van der Waals surface area contributed by atoms with E-state index in [-0.39, 0.29) is 18.5 Å². The van der Waals surface area contributed by atoms with Gasteiger partial charge in [-0.05, 0) is 32.1 Å². The molecule has 0 spiro atoms. The lowest BCUT2D eigenvalue weighted by atomic mass is 9.99. The lowest BCUT2D eigenvalue weighted by Crippen LogP contribution is -2.60.